The summed E-state index contributed by atoms with van der Waals surface area (Å²) in [6, 6.07) is 10.5. The van der Waals surface area contributed by atoms with Crippen LogP contribution in [0.2, 0.25) is 5.02 Å². The van der Waals surface area contributed by atoms with E-state index in [2.05, 4.69) is 57.2 Å². The Balaban J connectivity index is 1.79. The van der Waals surface area contributed by atoms with Crippen molar-refractivity contribution in [2.45, 2.75) is 51.9 Å². The molecule has 0 bridgehead atoms. The summed E-state index contributed by atoms with van der Waals surface area (Å²) < 4.78 is 2.86. The number of thioether (sulfide) groups is 1. The zero-order valence-electron chi connectivity index (χ0n) is 21.3. The lowest BCUT2D eigenvalue weighted by molar-refractivity contribution is -0.113. The van der Waals surface area contributed by atoms with Crippen molar-refractivity contribution in [1.29, 1.82) is 0 Å². The van der Waals surface area contributed by atoms with Gasteiger partial charge in [-0.3, -0.25) is 9.59 Å². The van der Waals surface area contributed by atoms with Crippen LogP contribution in [0, 0.1) is 19.8 Å². The van der Waals surface area contributed by atoms with Crippen molar-refractivity contribution < 1.29 is 9.59 Å². The van der Waals surface area contributed by atoms with Gasteiger partial charge in [-0.1, -0.05) is 71.3 Å². The van der Waals surface area contributed by atoms with Crippen LogP contribution in [0.4, 0.5) is 5.69 Å². The number of allylic oxidation sites excluding steroid dienone is 1. The number of halogens is 2. The highest BCUT2D eigenvalue weighted by molar-refractivity contribution is 9.10. The van der Waals surface area contributed by atoms with E-state index in [-0.39, 0.29) is 23.5 Å². The average molecular weight is 605 g/mol. The van der Waals surface area contributed by atoms with Crippen LogP contribution in [-0.2, 0) is 11.3 Å². The topological polar surface area (TPSA) is 88.9 Å². The molecule has 0 radical (unpaired) electrons. The highest BCUT2D eigenvalue weighted by Gasteiger charge is 2.25. The number of aryl methyl sites for hydroxylation is 2. The minimum absolute atomic E-state index is 0.140. The Kier molecular flexibility index (Phi) is 10.4. The van der Waals surface area contributed by atoms with E-state index in [4.69, 9.17) is 11.6 Å². The first kappa shape index (κ1) is 28.9. The van der Waals surface area contributed by atoms with Crippen molar-refractivity contribution in [1.82, 2.24) is 20.1 Å². The second-order valence-electron chi connectivity index (χ2n) is 9.13. The number of anilines is 1. The van der Waals surface area contributed by atoms with Crippen molar-refractivity contribution in [3.05, 3.63) is 81.1 Å². The lowest BCUT2D eigenvalue weighted by atomic mass is 10.0. The van der Waals surface area contributed by atoms with Crippen molar-refractivity contribution in [3.63, 3.8) is 0 Å². The van der Waals surface area contributed by atoms with Gasteiger partial charge in [-0.25, -0.2) is 0 Å². The first-order valence-electron chi connectivity index (χ1n) is 11.9. The van der Waals surface area contributed by atoms with Gasteiger partial charge in [0.1, 0.15) is 0 Å². The second-order valence-corrected chi connectivity index (χ2v) is 11.4. The van der Waals surface area contributed by atoms with E-state index >= 15 is 0 Å². The number of carbonyl (C=O) groups is 2. The number of nitrogens with one attached hydrogen (secondary N) is 2. The fourth-order valence-corrected chi connectivity index (χ4v) is 5.62. The number of benzene rings is 2. The van der Waals surface area contributed by atoms with Gasteiger partial charge < -0.3 is 15.2 Å². The average Bonchev–Trinajstić information content (AvgIpc) is 3.22. The predicted molar refractivity (Wildman–Crippen MR) is 154 cm³/mol. The first-order valence-corrected chi connectivity index (χ1v) is 14.0. The van der Waals surface area contributed by atoms with Crippen LogP contribution >= 0.6 is 39.3 Å². The number of aromatic nitrogens is 3. The first-order chi connectivity index (χ1) is 17.6. The number of hydrogen-bond acceptors (Lipinski definition) is 5. The van der Waals surface area contributed by atoms with E-state index in [0.29, 0.717) is 34.5 Å². The number of amides is 2. The third kappa shape index (κ3) is 7.69. The van der Waals surface area contributed by atoms with Crippen LogP contribution < -0.4 is 10.6 Å². The standard InChI is InChI=1S/C27H31BrClN5O2S/c1-6-11-34-25(22(12-16(2)3)30-26(36)20-9-7-8-10-21(20)29)32-33-27(34)37-15-23(35)31-24-17(4)13-19(28)14-18(24)5/h6-10,13-14,16,22H,1,11-12,15H2,2-5H3,(H,30,36)(H,31,35)/t22-/m0/s1. The molecule has 0 fully saturated rings. The summed E-state index contributed by atoms with van der Waals surface area (Å²) in [6.07, 6.45) is 2.40. The van der Waals surface area contributed by atoms with Crippen LogP contribution in [0.1, 0.15) is 53.6 Å². The second kappa shape index (κ2) is 13.3. The maximum Gasteiger partial charge on any atom is 0.253 e. The molecule has 10 heteroatoms. The molecule has 0 spiro atoms. The fraction of sp³-hybridized carbons (Fsp3) is 0.333. The summed E-state index contributed by atoms with van der Waals surface area (Å²) in [6.45, 7) is 12.4. The largest absolute Gasteiger partial charge is 0.342 e. The molecule has 2 amide bonds. The molecule has 0 saturated carbocycles. The zero-order chi connectivity index (χ0) is 27.1. The van der Waals surface area contributed by atoms with Gasteiger partial charge in [0.25, 0.3) is 5.91 Å². The van der Waals surface area contributed by atoms with Gasteiger partial charge in [-0.15, -0.1) is 16.8 Å². The molecule has 1 aromatic heterocycles. The monoisotopic (exact) mass is 603 g/mol. The lowest BCUT2D eigenvalue weighted by Crippen LogP contribution is -2.32. The smallest absolute Gasteiger partial charge is 0.253 e. The summed E-state index contributed by atoms with van der Waals surface area (Å²) in [5.74, 6) is 0.629. The summed E-state index contributed by atoms with van der Waals surface area (Å²) in [7, 11) is 0. The third-order valence-corrected chi connectivity index (χ3v) is 7.35. The van der Waals surface area contributed by atoms with Gasteiger partial charge in [0.2, 0.25) is 5.91 Å². The quantitative estimate of drug-likeness (QED) is 0.187. The van der Waals surface area contributed by atoms with Crippen LogP contribution in [-0.4, -0.2) is 32.3 Å². The van der Waals surface area contributed by atoms with Crippen LogP contribution in [0.5, 0.6) is 0 Å². The SMILES string of the molecule is C=CCn1c(SCC(=O)Nc2c(C)cc(Br)cc2C)nnc1[C@H](CC(C)C)NC(=O)c1ccccc1Cl. The number of carbonyl (C=O) groups excluding carboxylic acids is 2. The molecular weight excluding hydrogens is 574 g/mol. The van der Waals surface area contributed by atoms with Crippen molar-refractivity contribution in [3.8, 4) is 0 Å². The van der Waals surface area contributed by atoms with E-state index in [1.807, 2.05) is 30.5 Å². The predicted octanol–water partition coefficient (Wildman–Crippen LogP) is 6.74. The Hall–Kier alpha value is -2.62. The maximum absolute atomic E-state index is 13.0. The van der Waals surface area contributed by atoms with E-state index in [9.17, 15) is 9.59 Å². The Morgan fingerprint density at radius 1 is 1.19 bits per heavy atom. The molecule has 196 valence electrons. The molecule has 3 rings (SSSR count). The van der Waals surface area contributed by atoms with Gasteiger partial charge in [-0.2, -0.15) is 0 Å². The van der Waals surface area contributed by atoms with Crippen LogP contribution in [0.25, 0.3) is 0 Å². The van der Waals surface area contributed by atoms with Gasteiger partial charge in [0.05, 0.1) is 22.4 Å². The lowest BCUT2D eigenvalue weighted by Gasteiger charge is -2.21. The number of rotatable bonds is 11. The molecule has 7 nitrogen and oxygen atoms in total. The molecule has 2 N–H and O–H groups in total. The van der Waals surface area contributed by atoms with Gasteiger partial charge in [-0.05, 0) is 61.6 Å². The molecule has 1 atom stereocenters. The third-order valence-electron chi connectivity index (χ3n) is 5.59. The zero-order valence-corrected chi connectivity index (χ0v) is 24.5. The Bertz CT molecular complexity index is 1270. The normalized spacial score (nSPS) is 11.9. The highest BCUT2D eigenvalue weighted by Crippen LogP contribution is 2.28. The van der Waals surface area contributed by atoms with Gasteiger partial charge in [0.15, 0.2) is 11.0 Å². The molecular formula is C27H31BrClN5O2S. The minimum Gasteiger partial charge on any atom is -0.342 e. The molecule has 2 aromatic carbocycles. The fourth-order valence-electron chi connectivity index (χ4n) is 3.96. The Morgan fingerprint density at radius 2 is 1.86 bits per heavy atom. The van der Waals surface area contributed by atoms with E-state index in [0.717, 1.165) is 21.3 Å². The summed E-state index contributed by atoms with van der Waals surface area (Å²) >= 11 is 11.0. The van der Waals surface area contributed by atoms with E-state index in [1.165, 1.54) is 11.8 Å². The van der Waals surface area contributed by atoms with Crippen molar-refractivity contribution in [2.24, 2.45) is 5.92 Å². The molecule has 0 aliphatic carbocycles. The van der Waals surface area contributed by atoms with Gasteiger partial charge in [0, 0.05) is 16.7 Å². The summed E-state index contributed by atoms with van der Waals surface area (Å²) in [5.41, 5.74) is 3.17. The molecule has 0 aliphatic heterocycles. The molecule has 0 saturated heterocycles. The van der Waals surface area contributed by atoms with Crippen molar-refractivity contribution in [2.75, 3.05) is 11.1 Å². The molecule has 37 heavy (non-hydrogen) atoms. The minimum atomic E-state index is -0.396. The van der Waals surface area contributed by atoms with E-state index in [1.54, 1.807) is 30.3 Å². The van der Waals surface area contributed by atoms with Gasteiger partial charge >= 0.3 is 0 Å². The van der Waals surface area contributed by atoms with Crippen LogP contribution in [0.3, 0.4) is 0 Å². The molecule has 3 aromatic rings. The van der Waals surface area contributed by atoms with Crippen molar-refractivity contribution >= 4 is 56.8 Å². The Labute approximate surface area is 235 Å². The Morgan fingerprint density at radius 3 is 2.49 bits per heavy atom. The number of hydrogen-bond donors (Lipinski definition) is 2. The molecule has 0 unspecified atom stereocenters. The summed E-state index contributed by atoms with van der Waals surface area (Å²) in [4.78, 5) is 25.8. The van der Waals surface area contributed by atoms with E-state index < -0.39 is 6.04 Å². The van der Waals surface area contributed by atoms with Crippen LogP contribution in [0.15, 0.2) is 58.7 Å². The molecule has 0 aliphatic rings. The highest BCUT2D eigenvalue weighted by atomic mass is 79.9. The maximum atomic E-state index is 13.0. The molecule has 1 heterocycles. The summed E-state index contributed by atoms with van der Waals surface area (Å²) in [5, 5.41) is 15.8. The number of nitrogens with zero attached hydrogens (tertiary/aromatic N) is 3.